The van der Waals surface area contributed by atoms with Gasteiger partial charge in [0.1, 0.15) is 0 Å². The lowest BCUT2D eigenvalue weighted by Gasteiger charge is -2.19. The highest BCUT2D eigenvalue weighted by Crippen LogP contribution is 2.28. The molecule has 0 fully saturated rings. The van der Waals surface area contributed by atoms with Crippen molar-refractivity contribution in [3.63, 3.8) is 0 Å². The first kappa shape index (κ1) is 20.5. The van der Waals surface area contributed by atoms with Crippen LogP contribution in [0.1, 0.15) is 46.6 Å². The zero-order chi connectivity index (χ0) is 18.9. The van der Waals surface area contributed by atoms with Gasteiger partial charge in [0.25, 0.3) is 0 Å². The van der Waals surface area contributed by atoms with E-state index in [1.54, 1.807) is 39.0 Å². The molecule has 0 aliphatic carbocycles. The Labute approximate surface area is 148 Å². The Morgan fingerprint density at radius 1 is 1.12 bits per heavy atom. The summed E-state index contributed by atoms with van der Waals surface area (Å²) in [5.74, 6) is -0.284. The van der Waals surface area contributed by atoms with E-state index in [1.807, 2.05) is 13.8 Å². The van der Waals surface area contributed by atoms with Crippen LogP contribution in [-0.2, 0) is 9.59 Å². The van der Waals surface area contributed by atoms with Crippen LogP contribution in [0.3, 0.4) is 0 Å². The van der Waals surface area contributed by atoms with E-state index in [0.717, 1.165) is 6.42 Å². The average molecular weight is 349 g/mol. The van der Waals surface area contributed by atoms with Gasteiger partial charge in [0.05, 0.1) is 19.4 Å². The van der Waals surface area contributed by atoms with E-state index in [0.29, 0.717) is 30.3 Å². The van der Waals surface area contributed by atoms with Crippen LogP contribution in [0.4, 0.5) is 0 Å². The summed E-state index contributed by atoms with van der Waals surface area (Å²) in [5.41, 5.74) is 2.42. The summed E-state index contributed by atoms with van der Waals surface area (Å²) in [5, 5.41) is 6.36. The molecule has 0 heterocycles. The molecule has 0 unspecified atom stereocenters. The standard InChI is InChI=1S/C18H27N3O4/c1-6-10-25-14-9-8-13(11-15(14)24-7-2)12-19-21-17(23)16(22)20-18(3,4)5/h8-9,11-12H,6-7,10H2,1-5H3,(H,20,22)(H,21,23)/b19-12-. The van der Waals surface area contributed by atoms with Gasteiger partial charge in [0, 0.05) is 5.54 Å². The van der Waals surface area contributed by atoms with E-state index in [9.17, 15) is 9.59 Å². The molecule has 0 saturated carbocycles. The molecule has 0 saturated heterocycles. The van der Waals surface area contributed by atoms with Gasteiger partial charge in [-0.1, -0.05) is 6.92 Å². The molecule has 2 N–H and O–H groups in total. The molecule has 138 valence electrons. The molecule has 0 radical (unpaired) electrons. The zero-order valence-corrected chi connectivity index (χ0v) is 15.5. The largest absolute Gasteiger partial charge is 0.490 e. The number of rotatable bonds is 7. The summed E-state index contributed by atoms with van der Waals surface area (Å²) >= 11 is 0. The normalized spacial score (nSPS) is 11.2. The number of hydrogen-bond acceptors (Lipinski definition) is 5. The number of amides is 2. The Hall–Kier alpha value is -2.57. The summed E-state index contributed by atoms with van der Waals surface area (Å²) in [6.07, 6.45) is 2.34. The first-order chi connectivity index (χ1) is 11.8. The smallest absolute Gasteiger partial charge is 0.329 e. The van der Waals surface area contributed by atoms with E-state index >= 15 is 0 Å². The van der Waals surface area contributed by atoms with E-state index in [-0.39, 0.29) is 0 Å². The van der Waals surface area contributed by atoms with Crippen molar-refractivity contribution in [2.45, 2.75) is 46.6 Å². The van der Waals surface area contributed by atoms with Gasteiger partial charge in [-0.25, -0.2) is 5.43 Å². The number of carbonyl (C=O) groups excluding carboxylic acids is 2. The Kier molecular flexibility index (Phi) is 7.91. The number of ether oxygens (including phenoxy) is 2. The van der Waals surface area contributed by atoms with Gasteiger partial charge in [-0.05, 0) is 57.9 Å². The third kappa shape index (κ3) is 7.69. The summed E-state index contributed by atoms with van der Waals surface area (Å²) in [4.78, 5) is 23.3. The second kappa shape index (κ2) is 9.66. The highest BCUT2D eigenvalue weighted by molar-refractivity contribution is 6.35. The minimum Gasteiger partial charge on any atom is -0.490 e. The molecule has 0 atom stereocenters. The third-order valence-corrected chi connectivity index (χ3v) is 2.80. The van der Waals surface area contributed by atoms with Crippen molar-refractivity contribution in [3.8, 4) is 11.5 Å². The lowest BCUT2D eigenvalue weighted by atomic mass is 10.1. The topological polar surface area (TPSA) is 89.0 Å². The molecule has 0 spiro atoms. The summed E-state index contributed by atoms with van der Waals surface area (Å²) in [6, 6.07) is 5.34. The number of hydrazone groups is 1. The van der Waals surface area contributed by atoms with Crippen molar-refractivity contribution in [1.82, 2.24) is 10.7 Å². The fourth-order valence-corrected chi connectivity index (χ4v) is 1.82. The molecule has 0 aromatic heterocycles. The van der Waals surface area contributed by atoms with Crippen LogP contribution in [0.2, 0.25) is 0 Å². The molecule has 0 aliphatic heterocycles. The molecule has 1 rings (SSSR count). The van der Waals surface area contributed by atoms with Gasteiger partial charge in [-0.15, -0.1) is 0 Å². The van der Waals surface area contributed by atoms with E-state index in [1.165, 1.54) is 6.21 Å². The maximum absolute atomic E-state index is 11.7. The van der Waals surface area contributed by atoms with Gasteiger partial charge in [-0.2, -0.15) is 5.10 Å². The predicted octanol–water partition coefficient (Wildman–Crippen LogP) is 2.24. The van der Waals surface area contributed by atoms with Crippen molar-refractivity contribution in [2.24, 2.45) is 5.10 Å². The van der Waals surface area contributed by atoms with Crippen LogP contribution >= 0.6 is 0 Å². The SMILES string of the molecule is CCCOc1ccc(/C=N\NC(=O)C(=O)NC(C)(C)C)cc1OCC. The fourth-order valence-electron chi connectivity index (χ4n) is 1.82. The van der Waals surface area contributed by atoms with Gasteiger partial charge >= 0.3 is 11.8 Å². The molecule has 7 heteroatoms. The Morgan fingerprint density at radius 2 is 1.84 bits per heavy atom. The molecule has 0 bridgehead atoms. The highest BCUT2D eigenvalue weighted by atomic mass is 16.5. The predicted molar refractivity (Wildman–Crippen MR) is 97.0 cm³/mol. The lowest BCUT2D eigenvalue weighted by Crippen LogP contribution is -2.47. The number of benzene rings is 1. The quantitative estimate of drug-likeness (QED) is 0.449. The minimum atomic E-state index is -0.820. The first-order valence-corrected chi connectivity index (χ1v) is 8.32. The average Bonchev–Trinajstić information content (AvgIpc) is 2.52. The molecule has 0 aliphatic rings. The first-order valence-electron chi connectivity index (χ1n) is 8.32. The third-order valence-electron chi connectivity index (χ3n) is 2.80. The number of carbonyl (C=O) groups is 2. The van der Waals surface area contributed by atoms with Crippen LogP contribution in [-0.4, -0.2) is 36.8 Å². The number of nitrogens with one attached hydrogen (secondary N) is 2. The lowest BCUT2D eigenvalue weighted by molar-refractivity contribution is -0.140. The molecule has 7 nitrogen and oxygen atoms in total. The van der Waals surface area contributed by atoms with Crippen LogP contribution in [0.5, 0.6) is 11.5 Å². The van der Waals surface area contributed by atoms with Gasteiger partial charge in [-0.3, -0.25) is 9.59 Å². The van der Waals surface area contributed by atoms with Crippen molar-refractivity contribution < 1.29 is 19.1 Å². The van der Waals surface area contributed by atoms with Gasteiger partial charge in [0.2, 0.25) is 0 Å². The van der Waals surface area contributed by atoms with Crippen molar-refractivity contribution in [3.05, 3.63) is 23.8 Å². The number of hydrogen-bond donors (Lipinski definition) is 2. The van der Waals surface area contributed by atoms with Crippen LogP contribution in [0.15, 0.2) is 23.3 Å². The summed E-state index contributed by atoms with van der Waals surface area (Å²) < 4.78 is 11.2. The Bertz CT molecular complexity index is 621. The van der Waals surface area contributed by atoms with Crippen LogP contribution < -0.4 is 20.2 Å². The second-order valence-corrected chi connectivity index (χ2v) is 6.39. The van der Waals surface area contributed by atoms with E-state index < -0.39 is 17.4 Å². The van der Waals surface area contributed by atoms with Crippen LogP contribution in [0, 0.1) is 0 Å². The maximum atomic E-state index is 11.7. The second-order valence-electron chi connectivity index (χ2n) is 6.39. The van der Waals surface area contributed by atoms with Gasteiger partial charge in [0.15, 0.2) is 11.5 Å². The van der Waals surface area contributed by atoms with Crippen LogP contribution in [0.25, 0.3) is 0 Å². The molecule has 1 aromatic carbocycles. The molecule has 1 aromatic rings. The molecular weight excluding hydrogens is 322 g/mol. The van der Waals surface area contributed by atoms with Crippen molar-refractivity contribution in [1.29, 1.82) is 0 Å². The van der Waals surface area contributed by atoms with E-state index in [4.69, 9.17) is 9.47 Å². The molecule has 2 amide bonds. The van der Waals surface area contributed by atoms with Crippen molar-refractivity contribution in [2.75, 3.05) is 13.2 Å². The maximum Gasteiger partial charge on any atom is 0.329 e. The van der Waals surface area contributed by atoms with E-state index in [2.05, 4.69) is 15.8 Å². The Morgan fingerprint density at radius 3 is 2.44 bits per heavy atom. The molecule has 25 heavy (non-hydrogen) atoms. The summed E-state index contributed by atoms with van der Waals surface area (Å²) in [6.45, 7) is 10.4. The molecular formula is C18H27N3O4. The number of nitrogens with zero attached hydrogens (tertiary/aromatic N) is 1. The van der Waals surface area contributed by atoms with Crippen molar-refractivity contribution >= 4 is 18.0 Å². The monoisotopic (exact) mass is 349 g/mol. The Balaban J connectivity index is 2.72. The highest BCUT2D eigenvalue weighted by Gasteiger charge is 2.19. The zero-order valence-electron chi connectivity index (χ0n) is 15.5. The minimum absolute atomic E-state index is 0.487. The summed E-state index contributed by atoms with van der Waals surface area (Å²) in [7, 11) is 0. The fraction of sp³-hybridized carbons (Fsp3) is 0.500. The van der Waals surface area contributed by atoms with Gasteiger partial charge < -0.3 is 14.8 Å².